The Kier molecular flexibility index (Phi) is 2.75. The molecule has 4 heteroatoms. The predicted octanol–water partition coefficient (Wildman–Crippen LogP) is 2.36. The molecular weight excluding hydrogens is 233 g/mol. The summed E-state index contributed by atoms with van der Waals surface area (Å²) in [5.74, 6) is 0. The maximum Gasteiger partial charge on any atom is 0.384 e. The Hall–Kier alpha value is -0.470. The van der Waals surface area contributed by atoms with Gasteiger partial charge >= 0.3 is 7.87 Å². The van der Waals surface area contributed by atoms with Gasteiger partial charge in [-0.1, -0.05) is 0 Å². The Morgan fingerprint density at radius 2 is 1.53 bits per heavy atom. The van der Waals surface area contributed by atoms with Crippen molar-refractivity contribution < 1.29 is 9.05 Å². The van der Waals surface area contributed by atoms with E-state index in [1.165, 1.54) is 22.0 Å². The Bertz CT molecular complexity index is 428. The van der Waals surface area contributed by atoms with Crippen molar-refractivity contribution in [3.63, 3.8) is 0 Å². The molecule has 1 aromatic rings. The number of hydrogen-bond acceptors (Lipinski definition) is 3. The molecule has 0 radical (unpaired) electrons. The molecular formula is C13H19NO2P+. The zero-order valence-corrected chi connectivity index (χ0v) is 11.6. The molecule has 92 valence electrons. The Balaban J connectivity index is 2.09. The molecule has 2 aliphatic rings. The molecule has 2 saturated heterocycles. The van der Waals surface area contributed by atoms with Crippen molar-refractivity contribution in [1.29, 1.82) is 0 Å². The van der Waals surface area contributed by atoms with Gasteiger partial charge in [-0.2, -0.15) is 9.05 Å². The van der Waals surface area contributed by atoms with Crippen molar-refractivity contribution in [2.24, 2.45) is 0 Å². The molecule has 0 saturated carbocycles. The predicted molar refractivity (Wildman–Crippen MR) is 70.7 cm³/mol. The number of fused-ring (bicyclic) bond motifs is 1. The van der Waals surface area contributed by atoms with Gasteiger partial charge in [-0.05, 0) is 49.6 Å². The van der Waals surface area contributed by atoms with E-state index in [4.69, 9.17) is 9.05 Å². The summed E-state index contributed by atoms with van der Waals surface area (Å²) < 4.78 is 14.4. The van der Waals surface area contributed by atoms with E-state index >= 15 is 0 Å². The van der Waals surface area contributed by atoms with Crippen molar-refractivity contribution >= 4 is 13.2 Å². The van der Waals surface area contributed by atoms with E-state index in [0.717, 1.165) is 26.3 Å². The topological polar surface area (TPSA) is 21.7 Å². The standard InChI is InChI=1S/C13H19NO2P/c1-10-8-13(9-11(2)12(10)3)17-14(4-6-15-17)5-7-16-17/h8-9H,4-7H2,1-3H3/q+1. The van der Waals surface area contributed by atoms with Crippen LogP contribution in [0.2, 0.25) is 0 Å². The zero-order valence-electron chi connectivity index (χ0n) is 10.7. The van der Waals surface area contributed by atoms with Gasteiger partial charge in [0.05, 0.1) is 13.1 Å². The number of nitrogens with zero attached hydrogens (tertiary/aromatic N) is 1. The van der Waals surface area contributed by atoms with Crippen LogP contribution in [0.3, 0.4) is 0 Å². The first-order chi connectivity index (χ1) is 8.13. The normalized spacial score (nSPS) is 23.0. The van der Waals surface area contributed by atoms with Crippen LogP contribution in [0.5, 0.6) is 0 Å². The van der Waals surface area contributed by atoms with Crippen molar-refractivity contribution in [3.05, 3.63) is 28.8 Å². The molecule has 2 fully saturated rings. The number of aryl methyl sites for hydroxylation is 2. The second kappa shape index (κ2) is 4.03. The molecule has 0 aliphatic carbocycles. The van der Waals surface area contributed by atoms with Gasteiger partial charge in [0.2, 0.25) is 0 Å². The van der Waals surface area contributed by atoms with Gasteiger partial charge < -0.3 is 0 Å². The second-order valence-corrected chi connectivity index (χ2v) is 7.48. The lowest BCUT2D eigenvalue weighted by Crippen LogP contribution is -2.22. The van der Waals surface area contributed by atoms with Crippen LogP contribution >= 0.6 is 7.87 Å². The van der Waals surface area contributed by atoms with E-state index in [9.17, 15) is 0 Å². The highest BCUT2D eigenvalue weighted by molar-refractivity contribution is 7.72. The van der Waals surface area contributed by atoms with Crippen molar-refractivity contribution in [2.45, 2.75) is 20.8 Å². The molecule has 0 unspecified atom stereocenters. The van der Waals surface area contributed by atoms with E-state index in [2.05, 4.69) is 37.6 Å². The zero-order chi connectivity index (χ0) is 12.0. The van der Waals surface area contributed by atoms with Gasteiger partial charge in [-0.15, -0.1) is 4.67 Å². The minimum absolute atomic E-state index is 0.805. The highest BCUT2D eigenvalue weighted by Crippen LogP contribution is 2.68. The first-order valence-corrected chi connectivity index (χ1v) is 7.73. The van der Waals surface area contributed by atoms with Crippen molar-refractivity contribution in [3.8, 4) is 0 Å². The summed E-state index contributed by atoms with van der Waals surface area (Å²) in [6.45, 7) is 10.1. The van der Waals surface area contributed by atoms with E-state index in [0.29, 0.717) is 0 Å². The lowest BCUT2D eigenvalue weighted by atomic mass is 10.1. The van der Waals surface area contributed by atoms with Gasteiger partial charge in [-0.25, -0.2) is 0 Å². The van der Waals surface area contributed by atoms with E-state index in [1.54, 1.807) is 0 Å². The first kappa shape index (κ1) is 11.6. The average Bonchev–Trinajstić information content (AvgIpc) is 2.84. The highest BCUT2D eigenvalue weighted by atomic mass is 31.2. The molecule has 0 bridgehead atoms. The second-order valence-electron chi connectivity index (χ2n) is 4.85. The van der Waals surface area contributed by atoms with Gasteiger partial charge in [0.15, 0.2) is 5.30 Å². The largest absolute Gasteiger partial charge is 0.384 e. The van der Waals surface area contributed by atoms with Crippen LogP contribution in [-0.2, 0) is 9.05 Å². The smallest absolute Gasteiger partial charge is 0.181 e. The summed E-state index contributed by atoms with van der Waals surface area (Å²) in [4.78, 5) is 0. The summed E-state index contributed by atoms with van der Waals surface area (Å²) in [6.07, 6.45) is 0. The molecule has 0 spiro atoms. The molecule has 0 aromatic heterocycles. The maximum absolute atomic E-state index is 6.02. The molecule has 2 heterocycles. The van der Waals surface area contributed by atoms with Crippen LogP contribution < -0.4 is 5.30 Å². The van der Waals surface area contributed by atoms with Crippen LogP contribution in [0.15, 0.2) is 12.1 Å². The minimum Gasteiger partial charge on any atom is -0.181 e. The van der Waals surface area contributed by atoms with Crippen molar-refractivity contribution in [1.82, 2.24) is 4.67 Å². The Labute approximate surface area is 103 Å². The van der Waals surface area contributed by atoms with Gasteiger partial charge in [0.1, 0.15) is 13.2 Å². The van der Waals surface area contributed by atoms with Crippen LogP contribution in [0, 0.1) is 20.8 Å². The molecule has 0 atom stereocenters. The molecule has 0 N–H and O–H groups in total. The fourth-order valence-corrected chi connectivity index (χ4v) is 5.69. The SMILES string of the molecule is Cc1cc([P+]23OCCN2CCO3)cc(C)c1C. The minimum atomic E-state index is -1.90. The summed E-state index contributed by atoms with van der Waals surface area (Å²) >= 11 is 0. The van der Waals surface area contributed by atoms with Crippen LogP contribution in [0.25, 0.3) is 0 Å². The number of hydrogen-bond donors (Lipinski definition) is 0. The van der Waals surface area contributed by atoms with Crippen LogP contribution in [0.4, 0.5) is 0 Å². The third-order valence-corrected chi connectivity index (χ3v) is 6.96. The van der Waals surface area contributed by atoms with Crippen LogP contribution in [0.1, 0.15) is 16.7 Å². The Morgan fingerprint density at radius 1 is 1.00 bits per heavy atom. The molecule has 0 amide bonds. The van der Waals surface area contributed by atoms with E-state index in [1.807, 2.05) is 0 Å². The van der Waals surface area contributed by atoms with Gasteiger partial charge in [-0.3, -0.25) is 0 Å². The van der Waals surface area contributed by atoms with Gasteiger partial charge in [0, 0.05) is 0 Å². The summed E-state index contributed by atoms with van der Waals surface area (Å²) in [5, 5.41) is 1.26. The number of benzene rings is 1. The molecule has 2 aliphatic heterocycles. The van der Waals surface area contributed by atoms with Gasteiger partial charge in [0.25, 0.3) is 0 Å². The summed E-state index contributed by atoms with van der Waals surface area (Å²) in [7, 11) is -1.90. The number of rotatable bonds is 1. The summed E-state index contributed by atoms with van der Waals surface area (Å²) in [5.41, 5.74) is 4.04. The van der Waals surface area contributed by atoms with E-state index < -0.39 is 7.87 Å². The monoisotopic (exact) mass is 252 g/mol. The molecule has 17 heavy (non-hydrogen) atoms. The van der Waals surface area contributed by atoms with Crippen molar-refractivity contribution in [2.75, 3.05) is 26.3 Å². The van der Waals surface area contributed by atoms with Crippen LogP contribution in [-0.4, -0.2) is 31.0 Å². The lowest BCUT2D eigenvalue weighted by molar-refractivity contribution is 0.280. The quantitative estimate of drug-likeness (QED) is 0.716. The molecule has 3 nitrogen and oxygen atoms in total. The average molecular weight is 252 g/mol. The van der Waals surface area contributed by atoms with E-state index in [-0.39, 0.29) is 0 Å². The maximum atomic E-state index is 6.02. The summed E-state index contributed by atoms with van der Waals surface area (Å²) in [6, 6.07) is 4.50. The fourth-order valence-electron chi connectivity index (χ4n) is 2.60. The molecule has 3 rings (SSSR count). The first-order valence-electron chi connectivity index (χ1n) is 6.15. The third-order valence-electron chi connectivity index (χ3n) is 3.84. The fraction of sp³-hybridized carbons (Fsp3) is 0.538. The Morgan fingerprint density at radius 3 is 2.06 bits per heavy atom. The lowest BCUT2D eigenvalue weighted by Gasteiger charge is -2.19. The highest BCUT2D eigenvalue weighted by Gasteiger charge is 2.60. The molecule has 1 aromatic carbocycles. The third kappa shape index (κ3) is 1.65.